The van der Waals surface area contributed by atoms with Crippen molar-refractivity contribution >= 4 is 40.0 Å². The molecule has 3 aromatic rings. The largest absolute Gasteiger partial charge is 0.349 e. The minimum Gasteiger partial charge on any atom is -0.308 e. The Morgan fingerprint density at radius 2 is 1.96 bits per heavy atom. The smallest absolute Gasteiger partial charge is 0.308 e. The molecule has 0 aliphatic rings. The lowest BCUT2D eigenvalue weighted by Gasteiger charge is -2.15. The van der Waals surface area contributed by atoms with E-state index in [1.165, 1.54) is 4.57 Å². The number of urea groups is 1. The predicted molar refractivity (Wildman–Crippen MR) is 100 cm³/mol. The Morgan fingerprint density at radius 3 is 2.72 bits per heavy atom. The summed E-state index contributed by atoms with van der Waals surface area (Å²) in [5.74, 6) is 0.428. The number of hydrogen-bond acceptors (Lipinski definition) is 3. The molecule has 0 fully saturated rings. The molecule has 6 nitrogen and oxygen atoms in total. The summed E-state index contributed by atoms with van der Waals surface area (Å²) in [7, 11) is 0. The lowest BCUT2D eigenvalue weighted by atomic mass is 10.2. The number of benzene rings is 2. The van der Waals surface area contributed by atoms with E-state index >= 15 is 0 Å². The fourth-order valence-corrected chi connectivity index (χ4v) is 2.77. The highest BCUT2D eigenvalue weighted by atomic mass is 35.5. The van der Waals surface area contributed by atoms with Crippen LogP contribution in [0.4, 0.5) is 16.3 Å². The second-order valence-electron chi connectivity index (χ2n) is 5.50. The molecule has 25 heavy (non-hydrogen) atoms. The van der Waals surface area contributed by atoms with Gasteiger partial charge in [-0.2, -0.15) is 4.98 Å². The van der Waals surface area contributed by atoms with Crippen molar-refractivity contribution in [2.75, 3.05) is 10.6 Å². The molecule has 2 amide bonds. The number of hydrogen-bond donors (Lipinski definition) is 2. The first-order valence-electron chi connectivity index (χ1n) is 7.91. The molecule has 0 unspecified atom stereocenters. The average molecular weight is 357 g/mol. The van der Waals surface area contributed by atoms with Crippen LogP contribution in [0.5, 0.6) is 0 Å². The number of nitrogens with one attached hydrogen (secondary N) is 2. The van der Waals surface area contributed by atoms with E-state index in [1.807, 2.05) is 19.1 Å². The quantitative estimate of drug-likeness (QED) is 0.738. The van der Waals surface area contributed by atoms with Crippen molar-refractivity contribution in [3.8, 4) is 0 Å². The Kier molecular flexibility index (Phi) is 5.00. The van der Waals surface area contributed by atoms with Gasteiger partial charge in [-0.15, -0.1) is 0 Å². The van der Waals surface area contributed by atoms with Gasteiger partial charge in [0.15, 0.2) is 0 Å². The number of aromatic nitrogens is 2. The molecule has 0 radical (unpaired) electrons. The minimum absolute atomic E-state index is 0.390. The molecule has 1 heterocycles. The second kappa shape index (κ2) is 7.36. The number of carbonyl (C=O) groups excluding carboxylic acids is 1. The van der Waals surface area contributed by atoms with Crippen molar-refractivity contribution in [2.24, 2.45) is 0 Å². The van der Waals surface area contributed by atoms with Gasteiger partial charge in [-0.3, -0.25) is 9.88 Å². The van der Waals surface area contributed by atoms with E-state index < -0.39 is 11.7 Å². The molecule has 7 heteroatoms. The molecule has 2 aromatic carbocycles. The van der Waals surface area contributed by atoms with E-state index in [1.54, 1.807) is 36.4 Å². The third kappa shape index (κ3) is 3.80. The number of amides is 2. The van der Waals surface area contributed by atoms with E-state index in [-0.39, 0.29) is 0 Å². The van der Waals surface area contributed by atoms with Gasteiger partial charge >= 0.3 is 11.7 Å². The van der Waals surface area contributed by atoms with Crippen LogP contribution in [0.1, 0.15) is 13.3 Å². The summed E-state index contributed by atoms with van der Waals surface area (Å²) >= 11 is 5.93. The Bertz CT molecular complexity index is 984. The summed E-state index contributed by atoms with van der Waals surface area (Å²) in [6, 6.07) is 13.6. The summed E-state index contributed by atoms with van der Waals surface area (Å²) in [6.07, 6.45) is 0.741. The minimum atomic E-state index is -0.456. The number of para-hydroxylation sites is 1. The zero-order valence-electron chi connectivity index (χ0n) is 13.6. The van der Waals surface area contributed by atoms with Crippen molar-refractivity contribution in [1.29, 1.82) is 0 Å². The van der Waals surface area contributed by atoms with E-state index in [4.69, 9.17) is 11.6 Å². The summed E-state index contributed by atoms with van der Waals surface area (Å²) in [5.41, 5.74) is 0.712. The van der Waals surface area contributed by atoms with E-state index in [0.717, 1.165) is 6.42 Å². The maximum Gasteiger partial charge on any atom is 0.349 e. The van der Waals surface area contributed by atoms with Gasteiger partial charge in [0, 0.05) is 22.6 Å². The van der Waals surface area contributed by atoms with Crippen molar-refractivity contribution in [3.63, 3.8) is 0 Å². The Balaban J connectivity index is 1.97. The van der Waals surface area contributed by atoms with Gasteiger partial charge in [0.05, 0.1) is 5.52 Å². The number of halogens is 1. The predicted octanol–water partition coefficient (Wildman–Crippen LogP) is 4.10. The van der Waals surface area contributed by atoms with Crippen LogP contribution in [0, 0.1) is 0 Å². The SMILES string of the molecule is CCCn1c(NC(=O)Nc2cccc(Cl)c2)c2ccccc2nc1=O. The van der Waals surface area contributed by atoms with E-state index in [9.17, 15) is 9.59 Å². The van der Waals surface area contributed by atoms with Gasteiger partial charge in [-0.05, 0) is 36.8 Å². The molecule has 0 saturated heterocycles. The van der Waals surface area contributed by atoms with Crippen LogP contribution in [-0.2, 0) is 6.54 Å². The standard InChI is InChI=1S/C18H17ClN4O2/c1-2-10-23-16(14-8-3-4-9-15(14)21-18(23)25)22-17(24)20-13-7-5-6-12(19)11-13/h3-9,11H,2,10H2,1H3,(H2,20,22,24). The molecule has 1 aromatic heterocycles. The zero-order valence-corrected chi connectivity index (χ0v) is 14.4. The number of anilines is 2. The van der Waals surface area contributed by atoms with Gasteiger partial charge in [0.1, 0.15) is 5.82 Å². The van der Waals surface area contributed by atoms with Crippen molar-refractivity contribution in [3.05, 3.63) is 64.0 Å². The highest BCUT2D eigenvalue weighted by Crippen LogP contribution is 2.21. The van der Waals surface area contributed by atoms with Gasteiger partial charge in [-0.25, -0.2) is 9.59 Å². The number of nitrogens with zero attached hydrogens (tertiary/aromatic N) is 2. The van der Waals surface area contributed by atoms with Crippen molar-refractivity contribution in [2.45, 2.75) is 19.9 Å². The number of rotatable bonds is 4. The molecular weight excluding hydrogens is 340 g/mol. The Hall–Kier alpha value is -2.86. The van der Waals surface area contributed by atoms with Crippen LogP contribution in [0.2, 0.25) is 5.02 Å². The van der Waals surface area contributed by atoms with Crippen LogP contribution in [0.3, 0.4) is 0 Å². The molecule has 0 bridgehead atoms. The number of carbonyl (C=O) groups is 1. The highest BCUT2D eigenvalue weighted by Gasteiger charge is 2.13. The third-order valence-corrected chi connectivity index (χ3v) is 3.87. The topological polar surface area (TPSA) is 76.0 Å². The number of fused-ring (bicyclic) bond motifs is 1. The van der Waals surface area contributed by atoms with Gasteiger partial charge in [0.2, 0.25) is 0 Å². The normalized spacial score (nSPS) is 10.6. The molecule has 0 saturated carbocycles. The summed E-state index contributed by atoms with van der Waals surface area (Å²) in [5, 5.41) is 6.72. The summed E-state index contributed by atoms with van der Waals surface area (Å²) in [6.45, 7) is 2.42. The van der Waals surface area contributed by atoms with Crippen molar-refractivity contribution in [1.82, 2.24) is 9.55 Å². The van der Waals surface area contributed by atoms with E-state index in [2.05, 4.69) is 15.6 Å². The van der Waals surface area contributed by atoms with Crippen LogP contribution < -0.4 is 16.3 Å². The molecule has 3 rings (SSSR count). The summed E-state index contributed by atoms with van der Waals surface area (Å²) < 4.78 is 1.47. The lowest BCUT2D eigenvalue weighted by molar-refractivity contribution is 0.262. The monoisotopic (exact) mass is 356 g/mol. The zero-order chi connectivity index (χ0) is 17.8. The molecule has 0 spiro atoms. The first-order chi connectivity index (χ1) is 12.1. The molecule has 2 N–H and O–H groups in total. The van der Waals surface area contributed by atoms with Crippen molar-refractivity contribution < 1.29 is 4.79 Å². The van der Waals surface area contributed by atoms with Gasteiger partial charge in [-0.1, -0.05) is 36.7 Å². The van der Waals surface area contributed by atoms with Gasteiger partial charge < -0.3 is 5.32 Å². The highest BCUT2D eigenvalue weighted by molar-refractivity contribution is 6.30. The first-order valence-corrected chi connectivity index (χ1v) is 8.29. The second-order valence-corrected chi connectivity index (χ2v) is 5.94. The third-order valence-electron chi connectivity index (χ3n) is 3.64. The molecule has 0 atom stereocenters. The fraction of sp³-hybridized carbons (Fsp3) is 0.167. The van der Waals surface area contributed by atoms with Crippen LogP contribution in [0.15, 0.2) is 53.3 Å². The maximum atomic E-state index is 12.4. The lowest BCUT2D eigenvalue weighted by Crippen LogP contribution is -2.29. The first kappa shape index (κ1) is 17.0. The summed E-state index contributed by atoms with van der Waals surface area (Å²) in [4.78, 5) is 28.8. The van der Waals surface area contributed by atoms with Crippen LogP contribution >= 0.6 is 11.6 Å². The van der Waals surface area contributed by atoms with Crippen LogP contribution in [0.25, 0.3) is 10.9 Å². The molecular formula is C18H17ClN4O2. The van der Waals surface area contributed by atoms with E-state index in [0.29, 0.717) is 34.0 Å². The molecule has 0 aliphatic heterocycles. The van der Waals surface area contributed by atoms with Gasteiger partial charge in [0.25, 0.3) is 0 Å². The average Bonchev–Trinajstić information content (AvgIpc) is 2.58. The fourth-order valence-electron chi connectivity index (χ4n) is 2.58. The molecule has 0 aliphatic carbocycles. The Morgan fingerprint density at radius 1 is 1.16 bits per heavy atom. The van der Waals surface area contributed by atoms with Crippen LogP contribution in [-0.4, -0.2) is 15.6 Å². The maximum absolute atomic E-state index is 12.4. The molecule has 128 valence electrons. The Labute approximate surface area is 149 Å².